The van der Waals surface area contributed by atoms with Crippen molar-refractivity contribution >= 4 is 15.9 Å². The Morgan fingerprint density at radius 3 is 2.67 bits per heavy atom. The van der Waals surface area contributed by atoms with Crippen molar-refractivity contribution < 1.29 is 17.7 Å². The van der Waals surface area contributed by atoms with Gasteiger partial charge in [-0.25, -0.2) is 8.42 Å². The molecule has 0 aliphatic rings. The van der Waals surface area contributed by atoms with Crippen molar-refractivity contribution in [2.45, 2.75) is 19.3 Å². The third-order valence-electron chi connectivity index (χ3n) is 2.59. The Morgan fingerprint density at radius 1 is 1.29 bits per heavy atom. The number of hydrogen-bond acceptors (Lipinski definition) is 6. The Labute approximate surface area is 122 Å². The Bertz CT molecular complexity index is 710. The molecule has 0 saturated heterocycles. The predicted octanol–water partition coefficient (Wildman–Crippen LogP) is 1.14. The van der Waals surface area contributed by atoms with Gasteiger partial charge in [0.25, 0.3) is 0 Å². The van der Waals surface area contributed by atoms with Crippen LogP contribution in [0, 0.1) is 0 Å². The van der Waals surface area contributed by atoms with Crippen LogP contribution in [0.15, 0.2) is 34.9 Å². The fourth-order valence-electron chi connectivity index (χ4n) is 1.72. The summed E-state index contributed by atoms with van der Waals surface area (Å²) in [6.45, 7) is 0. The van der Waals surface area contributed by atoms with Gasteiger partial charge in [-0.3, -0.25) is 9.52 Å². The van der Waals surface area contributed by atoms with E-state index >= 15 is 0 Å². The van der Waals surface area contributed by atoms with Gasteiger partial charge in [-0.15, -0.1) is 0 Å². The molecule has 0 aliphatic heterocycles. The standard InChI is InChI=1S/C13H15N3O4S/c1-21(18,19)16-11(17)8-5-9-12-14-13(15-20-12)10-6-3-2-4-7-10/h2-4,6-7H,5,8-9H2,1H3,(H,16,17). The summed E-state index contributed by atoms with van der Waals surface area (Å²) >= 11 is 0. The SMILES string of the molecule is CS(=O)(=O)NC(=O)CCCc1nc(-c2ccccc2)no1. The number of nitrogens with zero attached hydrogens (tertiary/aromatic N) is 2. The van der Waals surface area contributed by atoms with Crippen molar-refractivity contribution in [3.05, 3.63) is 36.2 Å². The third kappa shape index (κ3) is 4.99. The van der Waals surface area contributed by atoms with Crippen LogP contribution in [-0.2, 0) is 21.2 Å². The highest BCUT2D eigenvalue weighted by atomic mass is 32.2. The summed E-state index contributed by atoms with van der Waals surface area (Å²) in [7, 11) is -3.50. The van der Waals surface area contributed by atoms with Gasteiger partial charge in [0.15, 0.2) is 0 Å². The van der Waals surface area contributed by atoms with Gasteiger partial charge in [-0.05, 0) is 6.42 Å². The number of carbonyl (C=O) groups is 1. The van der Waals surface area contributed by atoms with E-state index in [1.807, 2.05) is 35.1 Å². The molecule has 0 unspecified atom stereocenters. The lowest BCUT2D eigenvalue weighted by molar-refractivity contribution is -0.119. The molecule has 1 N–H and O–H groups in total. The Balaban J connectivity index is 1.85. The van der Waals surface area contributed by atoms with Gasteiger partial charge in [0.2, 0.25) is 27.6 Å². The zero-order valence-corrected chi connectivity index (χ0v) is 12.3. The zero-order valence-electron chi connectivity index (χ0n) is 11.4. The second-order valence-electron chi connectivity index (χ2n) is 4.53. The highest BCUT2D eigenvalue weighted by Gasteiger charge is 2.11. The first-order chi connectivity index (χ1) is 9.94. The molecule has 1 amide bonds. The Morgan fingerprint density at radius 2 is 2.00 bits per heavy atom. The van der Waals surface area contributed by atoms with Crippen LogP contribution in [0.5, 0.6) is 0 Å². The first-order valence-electron chi connectivity index (χ1n) is 6.33. The Kier molecular flexibility index (Phi) is 4.69. The maximum absolute atomic E-state index is 11.3. The molecule has 0 saturated carbocycles. The molecule has 7 nitrogen and oxygen atoms in total. The number of sulfonamides is 1. The maximum atomic E-state index is 11.3. The molecule has 112 valence electrons. The van der Waals surface area contributed by atoms with Crippen LogP contribution in [-0.4, -0.2) is 30.7 Å². The molecule has 1 aromatic carbocycles. The summed E-state index contributed by atoms with van der Waals surface area (Å²) in [5.41, 5.74) is 0.849. The number of aromatic nitrogens is 2. The largest absolute Gasteiger partial charge is 0.339 e. The van der Waals surface area contributed by atoms with Crippen LogP contribution in [0.3, 0.4) is 0 Å². The molecule has 0 fully saturated rings. The van der Waals surface area contributed by atoms with E-state index in [4.69, 9.17) is 4.52 Å². The molecule has 2 aromatic rings. The fraction of sp³-hybridized carbons (Fsp3) is 0.308. The molecule has 0 spiro atoms. The number of rotatable bonds is 6. The van der Waals surface area contributed by atoms with Crippen LogP contribution in [0.2, 0.25) is 0 Å². The number of hydrogen-bond donors (Lipinski definition) is 1. The third-order valence-corrected chi connectivity index (χ3v) is 3.19. The van der Waals surface area contributed by atoms with Crippen LogP contribution in [0.25, 0.3) is 11.4 Å². The van der Waals surface area contributed by atoms with E-state index in [1.165, 1.54) is 0 Å². The van der Waals surface area contributed by atoms with E-state index in [-0.39, 0.29) is 6.42 Å². The summed E-state index contributed by atoms with van der Waals surface area (Å²) in [6, 6.07) is 9.38. The monoisotopic (exact) mass is 309 g/mol. The molecular formula is C13H15N3O4S. The normalized spacial score (nSPS) is 11.3. The summed E-state index contributed by atoms with van der Waals surface area (Å²) in [4.78, 5) is 15.5. The zero-order chi connectivity index (χ0) is 15.3. The van der Waals surface area contributed by atoms with Gasteiger partial charge in [0.1, 0.15) is 0 Å². The van der Waals surface area contributed by atoms with Crippen molar-refractivity contribution in [2.24, 2.45) is 0 Å². The van der Waals surface area contributed by atoms with E-state index in [0.29, 0.717) is 24.6 Å². The Hall–Kier alpha value is -2.22. The van der Waals surface area contributed by atoms with Crippen LogP contribution in [0.4, 0.5) is 0 Å². The highest BCUT2D eigenvalue weighted by molar-refractivity contribution is 7.89. The highest BCUT2D eigenvalue weighted by Crippen LogP contribution is 2.15. The number of nitrogens with one attached hydrogen (secondary N) is 1. The average Bonchev–Trinajstić information content (AvgIpc) is 2.86. The fourth-order valence-corrected chi connectivity index (χ4v) is 2.23. The van der Waals surface area contributed by atoms with Gasteiger partial charge in [-0.1, -0.05) is 35.5 Å². The van der Waals surface area contributed by atoms with Gasteiger partial charge in [0, 0.05) is 18.4 Å². The van der Waals surface area contributed by atoms with Crippen molar-refractivity contribution in [3.8, 4) is 11.4 Å². The average molecular weight is 309 g/mol. The number of aryl methyl sites for hydroxylation is 1. The van der Waals surface area contributed by atoms with Crippen molar-refractivity contribution in [2.75, 3.05) is 6.26 Å². The molecule has 0 atom stereocenters. The summed E-state index contributed by atoms with van der Waals surface area (Å²) in [6.07, 6.45) is 1.86. The second-order valence-corrected chi connectivity index (χ2v) is 6.28. The van der Waals surface area contributed by atoms with Crippen molar-refractivity contribution in [1.29, 1.82) is 0 Å². The predicted molar refractivity (Wildman–Crippen MR) is 75.7 cm³/mol. The minimum atomic E-state index is -3.50. The van der Waals surface area contributed by atoms with Gasteiger partial charge in [-0.2, -0.15) is 4.98 Å². The van der Waals surface area contributed by atoms with Crippen LogP contribution >= 0.6 is 0 Å². The minimum Gasteiger partial charge on any atom is -0.339 e. The van der Waals surface area contributed by atoms with Gasteiger partial charge < -0.3 is 4.52 Å². The lowest BCUT2D eigenvalue weighted by Gasteiger charge is -2.00. The van der Waals surface area contributed by atoms with Crippen molar-refractivity contribution in [3.63, 3.8) is 0 Å². The molecular weight excluding hydrogens is 294 g/mol. The molecule has 2 rings (SSSR count). The van der Waals surface area contributed by atoms with E-state index < -0.39 is 15.9 Å². The van der Waals surface area contributed by atoms with Crippen LogP contribution in [0.1, 0.15) is 18.7 Å². The molecule has 1 heterocycles. The molecule has 0 bridgehead atoms. The lowest BCUT2D eigenvalue weighted by Crippen LogP contribution is -2.29. The maximum Gasteiger partial charge on any atom is 0.233 e. The van der Waals surface area contributed by atoms with Crippen molar-refractivity contribution in [1.82, 2.24) is 14.9 Å². The molecule has 8 heteroatoms. The first-order valence-corrected chi connectivity index (χ1v) is 8.22. The number of benzene rings is 1. The van der Waals surface area contributed by atoms with E-state index in [2.05, 4.69) is 10.1 Å². The van der Waals surface area contributed by atoms with E-state index in [0.717, 1.165) is 11.8 Å². The molecule has 0 radical (unpaired) electrons. The molecule has 1 aromatic heterocycles. The summed E-state index contributed by atoms with van der Waals surface area (Å²) < 4.78 is 28.7. The van der Waals surface area contributed by atoms with E-state index in [9.17, 15) is 13.2 Å². The van der Waals surface area contributed by atoms with Gasteiger partial charge >= 0.3 is 0 Å². The summed E-state index contributed by atoms with van der Waals surface area (Å²) in [5, 5.41) is 3.86. The van der Waals surface area contributed by atoms with Crippen LogP contribution < -0.4 is 4.72 Å². The molecule has 21 heavy (non-hydrogen) atoms. The first kappa shape index (κ1) is 15.2. The number of amides is 1. The topological polar surface area (TPSA) is 102 Å². The second kappa shape index (κ2) is 6.49. The smallest absolute Gasteiger partial charge is 0.233 e. The lowest BCUT2D eigenvalue weighted by atomic mass is 10.2. The minimum absolute atomic E-state index is 0.0795. The summed E-state index contributed by atoms with van der Waals surface area (Å²) in [5.74, 6) is 0.368. The van der Waals surface area contributed by atoms with Gasteiger partial charge in [0.05, 0.1) is 6.26 Å². The molecule has 0 aliphatic carbocycles. The quantitative estimate of drug-likeness (QED) is 0.858. The van der Waals surface area contributed by atoms with E-state index in [1.54, 1.807) is 0 Å². The number of carbonyl (C=O) groups excluding carboxylic acids is 1.